The lowest BCUT2D eigenvalue weighted by molar-refractivity contribution is -0.0209. The highest BCUT2D eigenvalue weighted by molar-refractivity contribution is 8.00. The standard InChI is InChI=1S/C32H43NO3S/c1-32-15-14-27-26-11-8-24(35-2)20-22(26)21-29(31(27)28(32)12-13-30(32)34)37-25-9-6-23(7-10-25)36-19-18-33-16-4-3-5-17-33/h6-11,20,27-31,34H,3-5,12-19,21H2,1-2H3/t27-,28+,29?,30?,31-,32+/m1/s1. The van der Waals surface area contributed by atoms with Crippen LogP contribution in [-0.2, 0) is 6.42 Å². The molecular weight excluding hydrogens is 478 g/mol. The molecule has 1 saturated heterocycles. The quantitative estimate of drug-likeness (QED) is 0.448. The lowest BCUT2D eigenvalue weighted by Gasteiger charge is -2.52. The van der Waals surface area contributed by atoms with Crippen LogP contribution in [0.4, 0.5) is 0 Å². The molecule has 0 spiro atoms. The minimum Gasteiger partial charge on any atom is -0.497 e. The maximum absolute atomic E-state index is 11.0. The van der Waals surface area contributed by atoms with Gasteiger partial charge in [0.1, 0.15) is 18.1 Å². The summed E-state index contributed by atoms with van der Waals surface area (Å²) < 4.78 is 11.7. The number of hydrogen-bond donors (Lipinski definition) is 1. The fourth-order valence-corrected chi connectivity index (χ4v) is 9.48. The predicted molar refractivity (Wildman–Crippen MR) is 151 cm³/mol. The van der Waals surface area contributed by atoms with Crippen LogP contribution in [0.1, 0.15) is 68.9 Å². The first-order valence-electron chi connectivity index (χ1n) is 14.5. The van der Waals surface area contributed by atoms with Crippen molar-refractivity contribution in [3.8, 4) is 11.5 Å². The first kappa shape index (κ1) is 25.6. The Morgan fingerprint density at radius 3 is 2.57 bits per heavy atom. The summed E-state index contributed by atoms with van der Waals surface area (Å²) in [5.74, 6) is 3.70. The van der Waals surface area contributed by atoms with Gasteiger partial charge >= 0.3 is 0 Å². The third-order valence-corrected chi connectivity index (χ3v) is 11.4. The number of aliphatic hydroxyl groups excluding tert-OH is 1. The van der Waals surface area contributed by atoms with E-state index in [2.05, 4.69) is 54.3 Å². The van der Waals surface area contributed by atoms with Crippen LogP contribution in [0.3, 0.4) is 0 Å². The molecule has 2 aromatic rings. The molecule has 2 unspecified atom stereocenters. The lowest BCUT2D eigenvalue weighted by atomic mass is 9.55. The SMILES string of the molecule is COc1ccc2c(c1)CC(Sc1ccc(OCCN3CCCCC3)cc1)[C@@H]1[C@@H]2CC[C@]2(C)C(O)CC[C@@H]12. The highest BCUT2D eigenvalue weighted by Crippen LogP contribution is 2.62. The number of benzene rings is 2. The number of thioether (sulfide) groups is 1. The molecule has 37 heavy (non-hydrogen) atoms. The van der Waals surface area contributed by atoms with E-state index in [0.29, 0.717) is 23.0 Å². The summed E-state index contributed by atoms with van der Waals surface area (Å²) in [5, 5.41) is 11.5. The zero-order chi connectivity index (χ0) is 25.4. The normalized spacial score (nSPS) is 33.3. The molecule has 1 N–H and O–H groups in total. The number of likely N-dealkylation sites (tertiary alicyclic amines) is 1. The topological polar surface area (TPSA) is 41.9 Å². The van der Waals surface area contributed by atoms with Crippen LogP contribution in [0.15, 0.2) is 47.4 Å². The smallest absolute Gasteiger partial charge is 0.119 e. The van der Waals surface area contributed by atoms with Crippen molar-refractivity contribution in [2.24, 2.45) is 17.3 Å². The van der Waals surface area contributed by atoms with E-state index in [1.807, 2.05) is 11.8 Å². The molecule has 1 heterocycles. The van der Waals surface area contributed by atoms with Crippen LogP contribution in [0.2, 0.25) is 0 Å². The highest BCUT2D eigenvalue weighted by atomic mass is 32.2. The van der Waals surface area contributed by atoms with Crippen LogP contribution in [0, 0.1) is 17.3 Å². The van der Waals surface area contributed by atoms with E-state index >= 15 is 0 Å². The molecule has 0 aromatic heterocycles. The van der Waals surface area contributed by atoms with Crippen molar-refractivity contribution in [1.82, 2.24) is 4.90 Å². The number of ether oxygens (including phenoxy) is 2. The first-order valence-corrected chi connectivity index (χ1v) is 15.4. The number of rotatable bonds is 7. The predicted octanol–water partition coefficient (Wildman–Crippen LogP) is 6.55. The molecule has 3 fully saturated rings. The fourth-order valence-electron chi connectivity index (χ4n) is 8.03. The number of aliphatic hydroxyl groups is 1. The van der Waals surface area contributed by atoms with E-state index < -0.39 is 0 Å². The van der Waals surface area contributed by atoms with Crippen molar-refractivity contribution in [2.45, 2.75) is 80.5 Å². The molecule has 0 radical (unpaired) electrons. The van der Waals surface area contributed by atoms with Crippen molar-refractivity contribution in [1.29, 1.82) is 0 Å². The molecule has 6 atom stereocenters. The summed E-state index contributed by atoms with van der Waals surface area (Å²) in [6.07, 6.45) is 9.36. The second-order valence-corrected chi connectivity index (χ2v) is 13.4. The number of fused-ring (bicyclic) bond motifs is 5. The van der Waals surface area contributed by atoms with Gasteiger partial charge in [-0.15, -0.1) is 11.8 Å². The van der Waals surface area contributed by atoms with Crippen molar-refractivity contribution in [3.63, 3.8) is 0 Å². The molecule has 4 aliphatic rings. The molecule has 0 bridgehead atoms. The highest BCUT2D eigenvalue weighted by Gasteiger charge is 2.56. The molecule has 200 valence electrons. The van der Waals surface area contributed by atoms with Crippen LogP contribution < -0.4 is 9.47 Å². The van der Waals surface area contributed by atoms with Crippen molar-refractivity contribution < 1.29 is 14.6 Å². The number of hydrogen-bond acceptors (Lipinski definition) is 5. The summed E-state index contributed by atoms with van der Waals surface area (Å²) in [6, 6.07) is 15.6. The molecule has 5 heteroatoms. The largest absolute Gasteiger partial charge is 0.497 e. The maximum Gasteiger partial charge on any atom is 0.119 e. The number of methoxy groups -OCH3 is 1. The minimum absolute atomic E-state index is 0.0655. The molecule has 3 aliphatic carbocycles. The van der Waals surface area contributed by atoms with Gasteiger partial charge < -0.3 is 14.6 Å². The summed E-state index contributed by atoms with van der Waals surface area (Å²) >= 11 is 2.05. The van der Waals surface area contributed by atoms with Gasteiger partial charge in [0, 0.05) is 16.7 Å². The van der Waals surface area contributed by atoms with E-state index in [-0.39, 0.29) is 11.5 Å². The molecule has 6 rings (SSSR count). The minimum atomic E-state index is -0.150. The fraction of sp³-hybridized carbons (Fsp3) is 0.625. The summed E-state index contributed by atoms with van der Waals surface area (Å²) in [7, 11) is 1.77. The van der Waals surface area contributed by atoms with E-state index in [1.54, 1.807) is 7.11 Å². The van der Waals surface area contributed by atoms with Gasteiger partial charge in [0.15, 0.2) is 0 Å². The van der Waals surface area contributed by atoms with Crippen molar-refractivity contribution >= 4 is 11.8 Å². The molecule has 2 aromatic carbocycles. The van der Waals surface area contributed by atoms with Gasteiger partial charge in [0.2, 0.25) is 0 Å². The Morgan fingerprint density at radius 2 is 1.78 bits per heavy atom. The Morgan fingerprint density at radius 1 is 1.00 bits per heavy atom. The van der Waals surface area contributed by atoms with Crippen molar-refractivity contribution in [3.05, 3.63) is 53.6 Å². The van der Waals surface area contributed by atoms with Gasteiger partial charge in [-0.25, -0.2) is 0 Å². The number of nitrogens with zero attached hydrogens (tertiary/aromatic N) is 1. The summed E-state index contributed by atoms with van der Waals surface area (Å²) in [4.78, 5) is 3.85. The average molecular weight is 522 g/mol. The molecule has 2 saturated carbocycles. The van der Waals surface area contributed by atoms with Crippen LogP contribution in [0.5, 0.6) is 11.5 Å². The van der Waals surface area contributed by atoms with Crippen LogP contribution >= 0.6 is 11.8 Å². The first-order chi connectivity index (χ1) is 18.0. The Balaban J connectivity index is 1.18. The van der Waals surface area contributed by atoms with Gasteiger partial charge in [-0.1, -0.05) is 19.4 Å². The second-order valence-electron chi connectivity index (χ2n) is 12.1. The van der Waals surface area contributed by atoms with Gasteiger partial charge in [-0.3, -0.25) is 4.90 Å². The van der Waals surface area contributed by atoms with Gasteiger partial charge in [-0.05, 0) is 129 Å². The third-order valence-electron chi connectivity index (χ3n) is 10.1. The molecular formula is C32H43NO3S. The molecule has 4 nitrogen and oxygen atoms in total. The lowest BCUT2D eigenvalue weighted by Crippen LogP contribution is -2.48. The monoisotopic (exact) mass is 521 g/mol. The Hall–Kier alpha value is -1.69. The van der Waals surface area contributed by atoms with E-state index in [0.717, 1.165) is 50.3 Å². The van der Waals surface area contributed by atoms with Crippen molar-refractivity contribution in [2.75, 3.05) is 33.4 Å². The Labute approximate surface area is 227 Å². The summed E-state index contributed by atoms with van der Waals surface area (Å²) in [5.41, 5.74) is 3.05. The maximum atomic E-state index is 11.0. The zero-order valence-electron chi connectivity index (χ0n) is 22.5. The third kappa shape index (κ3) is 5.04. The van der Waals surface area contributed by atoms with Crippen LogP contribution in [-0.4, -0.2) is 54.7 Å². The number of piperidine rings is 1. The summed E-state index contributed by atoms with van der Waals surface area (Å²) in [6.45, 7) is 6.59. The van der Waals surface area contributed by atoms with E-state index in [9.17, 15) is 5.11 Å². The molecule has 1 aliphatic heterocycles. The zero-order valence-corrected chi connectivity index (χ0v) is 23.3. The Kier molecular flexibility index (Phi) is 7.48. The average Bonchev–Trinajstić information content (AvgIpc) is 3.24. The Bertz CT molecular complexity index is 1070. The van der Waals surface area contributed by atoms with Crippen LogP contribution in [0.25, 0.3) is 0 Å². The van der Waals surface area contributed by atoms with Gasteiger partial charge in [0.25, 0.3) is 0 Å². The molecule has 0 amide bonds. The van der Waals surface area contributed by atoms with E-state index in [1.165, 1.54) is 54.8 Å². The van der Waals surface area contributed by atoms with E-state index in [4.69, 9.17) is 9.47 Å². The second kappa shape index (κ2) is 10.8. The van der Waals surface area contributed by atoms with Gasteiger partial charge in [-0.2, -0.15) is 0 Å². The van der Waals surface area contributed by atoms with Gasteiger partial charge in [0.05, 0.1) is 13.2 Å².